The van der Waals surface area contributed by atoms with Gasteiger partial charge in [-0.25, -0.2) is 0 Å². The Hall–Kier alpha value is -5.01. The molecular weight excluding hydrogens is 643 g/mol. The zero-order valence-corrected chi connectivity index (χ0v) is 29.6. The molecular formula is C47H35NS2. The Bertz CT molecular complexity index is 2620. The largest absolute Gasteiger partial charge is 0.192 e. The van der Waals surface area contributed by atoms with Gasteiger partial charge >= 0.3 is 0 Å². The standard InChI is InChI=1S/C47H35NS2/c1-28-13-15-29(16-14-28)31-18-22-42-40(25-31)39-21-24-44-46(47(39)50-42)41-26-32(19-23-43(41)49-44)35-12-6-8-33(27-48)45(35)38-20-17-30-7-2-3-9-34(30)36-10-4-5-11-37(36)38/h2-13,15-16,18-19,22-23,25-26,28,38H,14,17,20-21,24H2,1H3/t28?,38-/m0/s1. The van der Waals surface area contributed by atoms with E-state index in [-0.39, 0.29) is 5.92 Å². The van der Waals surface area contributed by atoms with Crippen molar-refractivity contribution in [3.8, 4) is 38.8 Å². The van der Waals surface area contributed by atoms with Crippen LogP contribution in [0.5, 0.6) is 0 Å². The van der Waals surface area contributed by atoms with Crippen LogP contribution in [0.4, 0.5) is 0 Å². The molecule has 2 atom stereocenters. The van der Waals surface area contributed by atoms with E-state index in [1.807, 2.05) is 28.7 Å². The van der Waals surface area contributed by atoms with Crippen LogP contribution in [-0.2, 0) is 19.3 Å². The molecule has 3 aliphatic carbocycles. The molecule has 10 rings (SSSR count). The Labute approximate surface area is 301 Å². The van der Waals surface area contributed by atoms with Crippen molar-refractivity contribution in [3.63, 3.8) is 0 Å². The van der Waals surface area contributed by atoms with Crippen LogP contribution in [0.3, 0.4) is 0 Å². The molecule has 7 aromatic rings. The molecule has 0 N–H and O–H groups in total. The highest BCUT2D eigenvalue weighted by atomic mass is 32.1. The average Bonchev–Trinajstić information content (AvgIpc) is 3.67. The molecule has 2 heterocycles. The molecule has 0 saturated carbocycles. The van der Waals surface area contributed by atoms with Gasteiger partial charge in [-0.15, -0.1) is 22.7 Å². The van der Waals surface area contributed by atoms with E-state index in [9.17, 15) is 5.26 Å². The van der Waals surface area contributed by atoms with Crippen LogP contribution >= 0.6 is 22.7 Å². The van der Waals surface area contributed by atoms with Crippen LogP contribution in [0.15, 0.2) is 121 Å². The van der Waals surface area contributed by atoms with Gasteiger partial charge in [-0.1, -0.05) is 97.9 Å². The quantitative estimate of drug-likeness (QED) is 0.183. The van der Waals surface area contributed by atoms with E-state index >= 15 is 0 Å². The van der Waals surface area contributed by atoms with Gasteiger partial charge in [-0.3, -0.25) is 0 Å². The summed E-state index contributed by atoms with van der Waals surface area (Å²) in [7, 11) is 0. The van der Waals surface area contributed by atoms with E-state index in [4.69, 9.17) is 0 Å². The Morgan fingerprint density at radius 3 is 2.36 bits per heavy atom. The summed E-state index contributed by atoms with van der Waals surface area (Å²) in [5, 5.41) is 13.3. The zero-order chi connectivity index (χ0) is 33.3. The van der Waals surface area contributed by atoms with Crippen LogP contribution in [0, 0.1) is 17.2 Å². The van der Waals surface area contributed by atoms with Gasteiger partial charge < -0.3 is 0 Å². The van der Waals surface area contributed by atoms with Gasteiger partial charge in [0.2, 0.25) is 0 Å². The van der Waals surface area contributed by atoms with Crippen molar-refractivity contribution >= 4 is 48.4 Å². The minimum Gasteiger partial charge on any atom is -0.192 e. The fourth-order valence-electron chi connectivity index (χ4n) is 8.79. The first-order chi connectivity index (χ1) is 24.6. The van der Waals surface area contributed by atoms with Gasteiger partial charge in [0.25, 0.3) is 0 Å². The van der Waals surface area contributed by atoms with E-state index in [0.717, 1.165) is 43.2 Å². The predicted molar refractivity (Wildman–Crippen MR) is 213 cm³/mol. The molecule has 0 fully saturated rings. The van der Waals surface area contributed by atoms with Crippen molar-refractivity contribution in [1.82, 2.24) is 0 Å². The first-order valence-electron chi connectivity index (χ1n) is 17.8. The summed E-state index contributed by atoms with van der Waals surface area (Å²) in [5.74, 6) is 0.738. The highest BCUT2D eigenvalue weighted by Crippen LogP contribution is 2.52. The molecule has 0 bridgehead atoms. The first-order valence-corrected chi connectivity index (χ1v) is 19.5. The Morgan fingerprint density at radius 1 is 0.720 bits per heavy atom. The summed E-state index contributed by atoms with van der Waals surface area (Å²) < 4.78 is 2.73. The van der Waals surface area contributed by atoms with Gasteiger partial charge in [0.15, 0.2) is 0 Å². The number of fused-ring (bicyclic) bond motifs is 10. The van der Waals surface area contributed by atoms with Crippen molar-refractivity contribution in [2.24, 2.45) is 5.92 Å². The first kappa shape index (κ1) is 29.9. The van der Waals surface area contributed by atoms with E-state index in [1.165, 1.54) is 85.6 Å². The van der Waals surface area contributed by atoms with Crippen LogP contribution in [-0.4, -0.2) is 0 Å². The molecule has 3 heteroatoms. The van der Waals surface area contributed by atoms with Gasteiger partial charge in [-0.05, 0) is 129 Å². The smallest absolute Gasteiger partial charge is 0.0994 e. The zero-order valence-electron chi connectivity index (χ0n) is 28.0. The van der Waals surface area contributed by atoms with Gasteiger partial charge in [0.05, 0.1) is 11.6 Å². The summed E-state index contributed by atoms with van der Waals surface area (Å²) in [6.07, 6.45) is 12.3. The molecule has 1 unspecified atom stereocenters. The second kappa shape index (κ2) is 11.8. The van der Waals surface area contributed by atoms with Crippen LogP contribution in [0.25, 0.3) is 58.4 Å². The third-order valence-electron chi connectivity index (χ3n) is 11.3. The number of rotatable bonds is 3. The molecule has 3 aliphatic rings. The summed E-state index contributed by atoms with van der Waals surface area (Å²) in [4.78, 5) is 2.95. The number of nitriles is 1. The number of aryl methyl sites for hydroxylation is 3. The van der Waals surface area contributed by atoms with E-state index in [1.54, 1.807) is 0 Å². The molecule has 240 valence electrons. The third-order valence-corrected chi connectivity index (χ3v) is 13.7. The van der Waals surface area contributed by atoms with Crippen molar-refractivity contribution in [2.45, 2.75) is 44.9 Å². The fraction of sp³-hybridized carbons (Fsp3) is 0.170. The van der Waals surface area contributed by atoms with E-state index in [0.29, 0.717) is 5.92 Å². The number of nitrogens with zero attached hydrogens (tertiary/aromatic N) is 1. The third kappa shape index (κ3) is 4.70. The fourth-order valence-corrected chi connectivity index (χ4v) is 11.4. The average molecular weight is 678 g/mol. The molecule has 50 heavy (non-hydrogen) atoms. The monoisotopic (exact) mass is 677 g/mol. The topological polar surface area (TPSA) is 23.8 Å². The number of hydrogen-bond donors (Lipinski definition) is 0. The number of benzene rings is 5. The van der Waals surface area contributed by atoms with Crippen molar-refractivity contribution < 1.29 is 0 Å². The second-order valence-electron chi connectivity index (χ2n) is 14.2. The summed E-state index contributed by atoms with van der Waals surface area (Å²) in [6.45, 7) is 2.28. The van der Waals surface area contributed by atoms with Gasteiger partial charge in [0, 0.05) is 36.0 Å². The molecule has 2 aromatic heterocycles. The maximum atomic E-state index is 10.5. The van der Waals surface area contributed by atoms with Crippen LogP contribution < -0.4 is 0 Å². The Balaban J connectivity index is 1.12. The lowest BCUT2D eigenvalue weighted by Gasteiger charge is -2.23. The maximum absolute atomic E-state index is 10.5. The Morgan fingerprint density at radius 2 is 1.50 bits per heavy atom. The molecule has 0 spiro atoms. The lowest BCUT2D eigenvalue weighted by Crippen LogP contribution is -2.07. The summed E-state index contributed by atoms with van der Waals surface area (Å²) in [6, 6.07) is 40.8. The van der Waals surface area contributed by atoms with E-state index in [2.05, 4.69) is 128 Å². The van der Waals surface area contributed by atoms with Gasteiger partial charge in [0.1, 0.15) is 0 Å². The van der Waals surface area contributed by atoms with E-state index < -0.39 is 0 Å². The minimum atomic E-state index is 0.122. The maximum Gasteiger partial charge on any atom is 0.0994 e. The molecule has 5 aromatic carbocycles. The minimum absolute atomic E-state index is 0.122. The highest BCUT2D eigenvalue weighted by molar-refractivity contribution is 7.24. The Kier molecular flexibility index (Phi) is 7.05. The molecule has 0 saturated heterocycles. The van der Waals surface area contributed by atoms with Crippen molar-refractivity contribution in [3.05, 3.63) is 160 Å². The number of thiophene rings is 2. The molecule has 1 nitrogen and oxygen atoms in total. The van der Waals surface area contributed by atoms with Crippen molar-refractivity contribution in [2.75, 3.05) is 0 Å². The van der Waals surface area contributed by atoms with Crippen LogP contribution in [0.1, 0.15) is 63.9 Å². The van der Waals surface area contributed by atoms with Gasteiger partial charge in [-0.2, -0.15) is 5.26 Å². The number of allylic oxidation sites excluding steroid dienone is 4. The second-order valence-corrected chi connectivity index (χ2v) is 16.4. The van der Waals surface area contributed by atoms with Crippen molar-refractivity contribution in [1.29, 1.82) is 5.26 Å². The summed E-state index contributed by atoms with van der Waals surface area (Å²) in [5.41, 5.74) is 15.3. The summed E-state index contributed by atoms with van der Waals surface area (Å²) >= 11 is 3.93. The lowest BCUT2D eigenvalue weighted by molar-refractivity contribution is 0.725. The molecule has 0 radical (unpaired) electrons. The normalized spacial score (nSPS) is 17.7. The SMILES string of the molecule is CC1C=CC(c2ccc3sc4c(c3c2)CCc2sc3ccc(-c5cccc(C#N)c5[C@H]5CCc6ccccc6-c6ccccc65)cc3c2-4)=CC1. The van der Waals surface area contributed by atoms with Crippen LogP contribution in [0.2, 0.25) is 0 Å². The molecule has 0 amide bonds. The predicted octanol–water partition coefficient (Wildman–Crippen LogP) is 13.1. The molecule has 0 aliphatic heterocycles. The highest BCUT2D eigenvalue weighted by Gasteiger charge is 2.29. The number of hydrogen-bond acceptors (Lipinski definition) is 3. The lowest BCUT2D eigenvalue weighted by atomic mass is 9.79.